The van der Waals surface area contributed by atoms with Gasteiger partial charge >= 0.3 is 0 Å². The Kier molecular flexibility index (Phi) is 4.91. The summed E-state index contributed by atoms with van der Waals surface area (Å²) in [4.78, 5) is 14.8. The van der Waals surface area contributed by atoms with Crippen molar-refractivity contribution in [1.82, 2.24) is 10.6 Å². The molecule has 28 heavy (non-hydrogen) atoms. The number of nitrogens with zero attached hydrogens (tertiary/aromatic N) is 1. The zero-order valence-electron chi connectivity index (χ0n) is 16.4. The van der Waals surface area contributed by atoms with E-state index in [0.29, 0.717) is 12.0 Å². The Morgan fingerprint density at radius 1 is 1.11 bits per heavy atom. The molecule has 3 aliphatic rings. The molecule has 146 valence electrons. The van der Waals surface area contributed by atoms with Crippen LogP contribution in [0.2, 0.25) is 0 Å². The van der Waals surface area contributed by atoms with Crippen molar-refractivity contribution >= 4 is 11.6 Å². The van der Waals surface area contributed by atoms with Gasteiger partial charge in [-0.25, -0.2) is 0 Å². The fraction of sp³-hybridized carbons (Fsp3) is 0.458. The molecule has 4 nitrogen and oxygen atoms in total. The Bertz CT molecular complexity index is 844. The second-order valence-electron chi connectivity index (χ2n) is 8.51. The highest BCUT2D eigenvalue weighted by atomic mass is 16.2. The fourth-order valence-electron chi connectivity index (χ4n) is 4.79. The van der Waals surface area contributed by atoms with Gasteiger partial charge in [0.05, 0.1) is 0 Å². The number of rotatable bonds is 5. The molecule has 4 heteroatoms. The molecule has 2 aromatic rings. The van der Waals surface area contributed by atoms with E-state index in [1.165, 1.54) is 43.5 Å². The zero-order chi connectivity index (χ0) is 18.9. The van der Waals surface area contributed by atoms with Gasteiger partial charge in [0.15, 0.2) is 0 Å². The van der Waals surface area contributed by atoms with Gasteiger partial charge in [-0.2, -0.15) is 0 Å². The predicted molar refractivity (Wildman–Crippen MR) is 113 cm³/mol. The van der Waals surface area contributed by atoms with Crippen LogP contribution in [0.4, 0.5) is 5.69 Å². The lowest BCUT2D eigenvalue weighted by molar-refractivity contribution is 0.0989. The molecular weight excluding hydrogens is 346 g/mol. The van der Waals surface area contributed by atoms with E-state index in [9.17, 15) is 4.79 Å². The van der Waals surface area contributed by atoms with Crippen molar-refractivity contribution in [3.63, 3.8) is 0 Å². The Balaban J connectivity index is 1.22. The molecule has 0 bridgehead atoms. The van der Waals surface area contributed by atoms with E-state index in [1.807, 2.05) is 35.2 Å². The molecule has 2 heterocycles. The molecular formula is C24H29N3O. The molecule has 0 radical (unpaired) electrons. The molecule has 1 aliphatic carbocycles. The summed E-state index contributed by atoms with van der Waals surface area (Å²) in [6, 6.07) is 17.0. The molecule has 2 unspecified atom stereocenters. The largest absolute Gasteiger partial charge is 0.317 e. The zero-order valence-corrected chi connectivity index (χ0v) is 16.4. The van der Waals surface area contributed by atoms with E-state index < -0.39 is 0 Å². The minimum atomic E-state index is 0.111. The van der Waals surface area contributed by atoms with Crippen molar-refractivity contribution in [3.8, 4) is 0 Å². The summed E-state index contributed by atoms with van der Waals surface area (Å²) in [5, 5.41) is 7.24. The van der Waals surface area contributed by atoms with Crippen LogP contribution in [0.1, 0.15) is 46.7 Å². The maximum Gasteiger partial charge on any atom is 0.258 e. The number of benzene rings is 2. The van der Waals surface area contributed by atoms with Crippen molar-refractivity contribution in [2.75, 3.05) is 31.1 Å². The maximum absolute atomic E-state index is 12.8. The van der Waals surface area contributed by atoms with Crippen LogP contribution in [0.15, 0.2) is 48.5 Å². The number of piperidine rings is 1. The average Bonchev–Trinajstić information content (AvgIpc) is 3.42. The number of carbonyl (C=O) groups is 1. The molecule has 0 spiro atoms. The highest BCUT2D eigenvalue weighted by Crippen LogP contribution is 2.43. The quantitative estimate of drug-likeness (QED) is 0.843. The molecule has 2 N–H and O–H groups in total. The van der Waals surface area contributed by atoms with Crippen molar-refractivity contribution in [2.24, 2.45) is 5.92 Å². The molecule has 1 amide bonds. The summed E-state index contributed by atoms with van der Waals surface area (Å²) < 4.78 is 0. The fourth-order valence-corrected chi connectivity index (χ4v) is 4.79. The highest BCUT2D eigenvalue weighted by molar-refractivity contribution is 6.07. The predicted octanol–water partition coefficient (Wildman–Crippen LogP) is 3.33. The van der Waals surface area contributed by atoms with Gasteiger partial charge in [0.2, 0.25) is 0 Å². The van der Waals surface area contributed by atoms with Crippen LogP contribution in [-0.4, -0.2) is 38.1 Å². The Morgan fingerprint density at radius 2 is 1.93 bits per heavy atom. The van der Waals surface area contributed by atoms with Gasteiger partial charge in [0, 0.05) is 29.8 Å². The second kappa shape index (κ2) is 7.69. The van der Waals surface area contributed by atoms with Crippen molar-refractivity contribution in [1.29, 1.82) is 0 Å². The number of anilines is 1. The van der Waals surface area contributed by atoms with Crippen LogP contribution in [0.5, 0.6) is 0 Å². The number of nitrogens with one attached hydrogen (secondary N) is 2. The van der Waals surface area contributed by atoms with Gasteiger partial charge in [-0.3, -0.25) is 4.79 Å². The minimum Gasteiger partial charge on any atom is -0.317 e. The number of hydrogen-bond acceptors (Lipinski definition) is 3. The van der Waals surface area contributed by atoms with Crippen LogP contribution < -0.4 is 15.5 Å². The first-order valence-corrected chi connectivity index (χ1v) is 10.7. The lowest BCUT2D eigenvalue weighted by Crippen LogP contribution is -2.34. The normalized spacial score (nSPS) is 24.2. The van der Waals surface area contributed by atoms with Gasteiger partial charge in [-0.15, -0.1) is 0 Å². The topological polar surface area (TPSA) is 44.4 Å². The Labute approximate surface area is 167 Å². The summed E-state index contributed by atoms with van der Waals surface area (Å²) in [5.74, 6) is 1.59. The van der Waals surface area contributed by atoms with E-state index >= 15 is 0 Å². The molecule has 1 saturated heterocycles. The van der Waals surface area contributed by atoms with Crippen molar-refractivity contribution < 1.29 is 4.79 Å². The van der Waals surface area contributed by atoms with Crippen LogP contribution in [0.3, 0.4) is 0 Å². The summed E-state index contributed by atoms with van der Waals surface area (Å²) in [7, 11) is 0. The summed E-state index contributed by atoms with van der Waals surface area (Å²) in [6.45, 7) is 4.29. The lowest BCUT2D eigenvalue weighted by atomic mass is 9.98. The van der Waals surface area contributed by atoms with Gasteiger partial charge in [-0.1, -0.05) is 30.3 Å². The summed E-state index contributed by atoms with van der Waals surface area (Å²) in [6.07, 6.45) is 4.81. The smallest absolute Gasteiger partial charge is 0.258 e. The SMILES string of the molecule is O=C(c1ccccc1)N1CCc2cc(C3CC3NCC3CCNCC3)ccc21. The molecule has 2 fully saturated rings. The average molecular weight is 376 g/mol. The van der Waals surface area contributed by atoms with E-state index in [2.05, 4.69) is 28.8 Å². The first kappa shape index (κ1) is 17.9. The monoisotopic (exact) mass is 375 g/mol. The van der Waals surface area contributed by atoms with E-state index in [1.54, 1.807) is 0 Å². The summed E-state index contributed by atoms with van der Waals surface area (Å²) in [5.41, 5.74) is 4.63. The van der Waals surface area contributed by atoms with Gasteiger partial charge in [0.1, 0.15) is 0 Å². The van der Waals surface area contributed by atoms with Crippen LogP contribution >= 0.6 is 0 Å². The van der Waals surface area contributed by atoms with Crippen LogP contribution in [-0.2, 0) is 6.42 Å². The minimum absolute atomic E-state index is 0.111. The standard InChI is InChI=1S/C24H29N3O/c28-24(18-4-2-1-3-5-18)27-13-10-20-14-19(6-7-23(20)27)21-15-22(21)26-16-17-8-11-25-12-9-17/h1-7,14,17,21-22,25-26H,8-13,15-16H2. The van der Waals surface area contributed by atoms with E-state index in [0.717, 1.165) is 36.7 Å². The molecule has 2 aliphatic heterocycles. The Hall–Kier alpha value is -2.17. The molecule has 2 aromatic carbocycles. The third kappa shape index (κ3) is 3.59. The van der Waals surface area contributed by atoms with Crippen molar-refractivity contribution in [2.45, 2.75) is 37.6 Å². The molecule has 0 aromatic heterocycles. The van der Waals surface area contributed by atoms with E-state index in [-0.39, 0.29) is 5.91 Å². The summed E-state index contributed by atoms with van der Waals surface area (Å²) >= 11 is 0. The second-order valence-corrected chi connectivity index (χ2v) is 8.51. The number of hydrogen-bond donors (Lipinski definition) is 2. The maximum atomic E-state index is 12.8. The number of amides is 1. The van der Waals surface area contributed by atoms with Gasteiger partial charge in [0.25, 0.3) is 5.91 Å². The van der Waals surface area contributed by atoms with Gasteiger partial charge in [-0.05, 0) is 80.6 Å². The Morgan fingerprint density at radius 3 is 2.75 bits per heavy atom. The lowest BCUT2D eigenvalue weighted by Gasteiger charge is -2.23. The third-order valence-corrected chi connectivity index (χ3v) is 6.61. The molecule has 5 rings (SSSR count). The van der Waals surface area contributed by atoms with Gasteiger partial charge < -0.3 is 15.5 Å². The van der Waals surface area contributed by atoms with Crippen LogP contribution in [0.25, 0.3) is 0 Å². The first-order chi connectivity index (χ1) is 13.8. The molecule has 1 saturated carbocycles. The van der Waals surface area contributed by atoms with E-state index in [4.69, 9.17) is 0 Å². The molecule has 2 atom stereocenters. The highest BCUT2D eigenvalue weighted by Gasteiger charge is 2.39. The third-order valence-electron chi connectivity index (χ3n) is 6.61. The van der Waals surface area contributed by atoms with Crippen molar-refractivity contribution in [3.05, 3.63) is 65.2 Å². The first-order valence-electron chi connectivity index (χ1n) is 10.7. The number of fused-ring (bicyclic) bond motifs is 1. The number of carbonyl (C=O) groups excluding carboxylic acids is 1. The van der Waals surface area contributed by atoms with Crippen LogP contribution in [0, 0.1) is 5.92 Å².